The number of hydrogen-bond donors (Lipinski definition) is 1. The van der Waals surface area contributed by atoms with Crippen molar-refractivity contribution in [3.63, 3.8) is 0 Å². The van der Waals surface area contributed by atoms with Crippen molar-refractivity contribution in [1.82, 2.24) is 14.8 Å². The normalized spacial score (nSPS) is 15.1. The quantitative estimate of drug-likeness (QED) is 0.452. The number of aryl methyl sites for hydroxylation is 1. The molecule has 0 unspecified atom stereocenters. The molecular formula is C25H34FN3O3. The molecule has 1 aromatic carbocycles. The summed E-state index contributed by atoms with van der Waals surface area (Å²) in [5.41, 5.74) is 3.68. The summed E-state index contributed by atoms with van der Waals surface area (Å²) in [7, 11) is 1.65. The summed E-state index contributed by atoms with van der Waals surface area (Å²) in [5, 5.41) is 2.98. The molecule has 1 N–H and O–H groups in total. The molecule has 1 saturated heterocycles. The minimum absolute atomic E-state index is 0.0182. The van der Waals surface area contributed by atoms with Crippen molar-refractivity contribution in [2.75, 3.05) is 39.9 Å². The second-order valence-corrected chi connectivity index (χ2v) is 8.61. The lowest BCUT2D eigenvalue weighted by Crippen LogP contribution is -2.42. The third kappa shape index (κ3) is 6.26. The first-order chi connectivity index (χ1) is 15.4. The van der Waals surface area contributed by atoms with Crippen LogP contribution >= 0.6 is 0 Å². The van der Waals surface area contributed by atoms with Crippen molar-refractivity contribution in [2.45, 2.75) is 39.7 Å². The predicted octanol–water partition coefficient (Wildman–Crippen LogP) is 3.34. The highest BCUT2D eigenvalue weighted by Gasteiger charge is 2.26. The molecule has 32 heavy (non-hydrogen) atoms. The number of ketones is 1. The van der Waals surface area contributed by atoms with E-state index in [0.717, 1.165) is 54.9 Å². The van der Waals surface area contributed by atoms with Crippen LogP contribution < -0.4 is 5.32 Å². The molecule has 1 fully saturated rings. The fraction of sp³-hybridized carbons (Fsp3) is 0.520. The van der Waals surface area contributed by atoms with Gasteiger partial charge in [-0.15, -0.1) is 0 Å². The maximum absolute atomic E-state index is 13.2. The monoisotopic (exact) mass is 443 g/mol. The van der Waals surface area contributed by atoms with E-state index in [2.05, 4.69) is 14.8 Å². The summed E-state index contributed by atoms with van der Waals surface area (Å²) in [5.74, 6) is -0.0232. The lowest BCUT2D eigenvalue weighted by molar-refractivity contribution is -0.126. The second kappa shape index (κ2) is 11.4. The number of aromatic nitrogens is 1. The molecule has 0 saturated carbocycles. The number of ether oxygens (including phenoxy) is 1. The number of halogens is 1. The van der Waals surface area contributed by atoms with Crippen molar-refractivity contribution < 1.29 is 18.7 Å². The highest BCUT2D eigenvalue weighted by atomic mass is 19.1. The zero-order chi connectivity index (χ0) is 23.1. The van der Waals surface area contributed by atoms with Crippen LogP contribution in [0.5, 0.6) is 0 Å². The Morgan fingerprint density at radius 3 is 2.50 bits per heavy atom. The predicted molar refractivity (Wildman–Crippen MR) is 122 cm³/mol. The van der Waals surface area contributed by atoms with Gasteiger partial charge >= 0.3 is 0 Å². The van der Waals surface area contributed by atoms with Gasteiger partial charge in [-0.25, -0.2) is 4.39 Å². The van der Waals surface area contributed by atoms with Crippen molar-refractivity contribution in [3.8, 4) is 0 Å². The number of nitrogens with zero attached hydrogens (tertiary/aromatic N) is 2. The highest BCUT2D eigenvalue weighted by molar-refractivity contribution is 5.99. The zero-order valence-electron chi connectivity index (χ0n) is 19.3. The Morgan fingerprint density at radius 2 is 1.84 bits per heavy atom. The molecule has 1 aliphatic rings. The molecular weight excluding hydrogens is 409 g/mol. The highest BCUT2D eigenvalue weighted by Crippen LogP contribution is 2.21. The van der Waals surface area contributed by atoms with E-state index in [4.69, 9.17) is 4.74 Å². The van der Waals surface area contributed by atoms with Gasteiger partial charge in [0.25, 0.3) is 0 Å². The summed E-state index contributed by atoms with van der Waals surface area (Å²) >= 11 is 0. The fourth-order valence-electron chi connectivity index (χ4n) is 4.31. The summed E-state index contributed by atoms with van der Waals surface area (Å²) in [6.07, 6.45) is 2.36. The van der Waals surface area contributed by atoms with E-state index in [9.17, 15) is 14.0 Å². The van der Waals surface area contributed by atoms with Crippen LogP contribution in [0.2, 0.25) is 0 Å². The molecule has 1 aliphatic heterocycles. The Hall–Kier alpha value is -2.51. The number of carbonyl (C=O) groups excluding carboxylic acids is 2. The first kappa shape index (κ1) is 24.1. The summed E-state index contributed by atoms with van der Waals surface area (Å²) in [4.78, 5) is 27.5. The number of carbonyl (C=O) groups is 2. The van der Waals surface area contributed by atoms with Gasteiger partial charge in [-0.1, -0.05) is 12.1 Å². The van der Waals surface area contributed by atoms with E-state index < -0.39 is 0 Å². The molecule has 174 valence electrons. The van der Waals surface area contributed by atoms with E-state index >= 15 is 0 Å². The van der Waals surface area contributed by atoms with Crippen molar-refractivity contribution >= 4 is 11.7 Å². The number of amides is 1. The number of nitrogens with one attached hydrogen (secondary N) is 1. The van der Waals surface area contributed by atoms with Crippen LogP contribution in [0, 0.1) is 25.6 Å². The number of methoxy groups -OCH3 is 1. The van der Waals surface area contributed by atoms with Crippen LogP contribution in [0.15, 0.2) is 30.3 Å². The SMILES string of the molecule is COCCCNC(=O)C1CCN(CC(=O)c2cc(C)n(Cc3ccc(F)cc3)c2C)CC1. The molecule has 1 amide bonds. The van der Waals surface area contributed by atoms with E-state index in [-0.39, 0.29) is 23.4 Å². The molecule has 0 aliphatic carbocycles. The lowest BCUT2D eigenvalue weighted by atomic mass is 9.95. The van der Waals surface area contributed by atoms with Gasteiger partial charge < -0.3 is 14.6 Å². The van der Waals surface area contributed by atoms with Gasteiger partial charge in [0.1, 0.15) is 5.82 Å². The average Bonchev–Trinajstić information content (AvgIpc) is 3.07. The van der Waals surface area contributed by atoms with E-state index in [1.165, 1.54) is 12.1 Å². The summed E-state index contributed by atoms with van der Waals surface area (Å²) < 4.78 is 20.3. The smallest absolute Gasteiger partial charge is 0.223 e. The Kier molecular flexibility index (Phi) is 8.59. The Bertz CT molecular complexity index is 915. The summed E-state index contributed by atoms with van der Waals surface area (Å²) in [6, 6.07) is 8.40. The average molecular weight is 444 g/mol. The van der Waals surface area contributed by atoms with Crippen LogP contribution in [0.4, 0.5) is 4.39 Å². The minimum atomic E-state index is -0.252. The number of rotatable bonds is 10. The maximum Gasteiger partial charge on any atom is 0.223 e. The first-order valence-corrected chi connectivity index (χ1v) is 11.3. The fourth-order valence-corrected chi connectivity index (χ4v) is 4.31. The molecule has 0 spiro atoms. The largest absolute Gasteiger partial charge is 0.385 e. The van der Waals surface area contributed by atoms with E-state index in [0.29, 0.717) is 26.2 Å². The maximum atomic E-state index is 13.2. The van der Waals surface area contributed by atoms with Crippen molar-refractivity contribution in [3.05, 3.63) is 58.7 Å². The van der Waals surface area contributed by atoms with Gasteiger partial charge in [0, 0.05) is 49.7 Å². The topological polar surface area (TPSA) is 63.6 Å². The van der Waals surface area contributed by atoms with Gasteiger partial charge in [0.05, 0.1) is 6.54 Å². The number of piperidine rings is 1. The van der Waals surface area contributed by atoms with Gasteiger partial charge in [-0.2, -0.15) is 0 Å². The Labute approximate surface area is 189 Å². The van der Waals surface area contributed by atoms with Crippen LogP contribution in [-0.2, 0) is 16.1 Å². The van der Waals surface area contributed by atoms with Gasteiger partial charge in [0.2, 0.25) is 5.91 Å². The van der Waals surface area contributed by atoms with Crippen LogP contribution in [0.3, 0.4) is 0 Å². The number of Topliss-reactive ketones (excluding diaryl/α,β-unsaturated/α-hetero) is 1. The van der Waals surface area contributed by atoms with Gasteiger partial charge in [0.15, 0.2) is 5.78 Å². The number of likely N-dealkylation sites (tertiary alicyclic amines) is 1. The molecule has 2 heterocycles. The van der Waals surface area contributed by atoms with Crippen LogP contribution in [0.1, 0.15) is 46.6 Å². The Balaban J connectivity index is 1.52. The molecule has 2 aromatic rings. The van der Waals surface area contributed by atoms with Crippen molar-refractivity contribution in [1.29, 1.82) is 0 Å². The molecule has 0 atom stereocenters. The van der Waals surface area contributed by atoms with E-state index in [1.54, 1.807) is 19.2 Å². The third-order valence-electron chi connectivity index (χ3n) is 6.28. The summed E-state index contributed by atoms with van der Waals surface area (Å²) in [6.45, 7) is 7.70. The second-order valence-electron chi connectivity index (χ2n) is 8.61. The molecule has 6 nitrogen and oxygen atoms in total. The number of benzene rings is 1. The minimum Gasteiger partial charge on any atom is -0.385 e. The van der Waals surface area contributed by atoms with Gasteiger partial charge in [-0.05, 0) is 70.0 Å². The third-order valence-corrected chi connectivity index (χ3v) is 6.28. The standard InChI is InChI=1S/C25H34FN3O3/c1-18-15-23(19(2)29(18)16-20-5-7-22(26)8-6-20)24(30)17-28-12-9-21(10-13-28)25(31)27-11-4-14-32-3/h5-8,15,21H,4,9-14,16-17H2,1-3H3,(H,27,31). The zero-order valence-corrected chi connectivity index (χ0v) is 19.3. The van der Waals surface area contributed by atoms with Crippen LogP contribution in [0.25, 0.3) is 0 Å². The van der Waals surface area contributed by atoms with E-state index in [1.807, 2.05) is 19.9 Å². The number of hydrogen-bond acceptors (Lipinski definition) is 4. The molecule has 7 heteroatoms. The van der Waals surface area contributed by atoms with Crippen molar-refractivity contribution in [2.24, 2.45) is 5.92 Å². The molecule has 1 aromatic heterocycles. The molecule has 3 rings (SSSR count). The van der Waals surface area contributed by atoms with Gasteiger partial charge in [-0.3, -0.25) is 14.5 Å². The lowest BCUT2D eigenvalue weighted by Gasteiger charge is -2.30. The van der Waals surface area contributed by atoms with Crippen LogP contribution in [-0.4, -0.2) is 61.1 Å². The Morgan fingerprint density at radius 1 is 1.16 bits per heavy atom. The molecule has 0 radical (unpaired) electrons. The molecule has 0 bridgehead atoms. The first-order valence-electron chi connectivity index (χ1n) is 11.3.